The summed E-state index contributed by atoms with van der Waals surface area (Å²) < 4.78 is 5.25. The van der Waals surface area contributed by atoms with Crippen LogP contribution in [-0.2, 0) is 5.60 Å². The summed E-state index contributed by atoms with van der Waals surface area (Å²) in [6.07, 6.45) is 0. The topological polar surface area (TPSA) is 41.5 Å². The van der Waals surface area contributed by atoms with Gasteiger partial charge in [-0.15, -0.1) is 0 Å². The molecule has 0 amide bonds. The molecule has 15 heavy (non-hydrogen) atoms. The zero-order valence-electron chi connectivity index (χ0n) is 9.42. The molecule has 1 aromatic carbocycles. The normalized spacial score (nSPS) is 18.4. The highest BCUT2D eigenvalue weighted by molar-refractivity contribution is 5.45. The van der Waals surface area contributed by atoms with Crippen LogP contribution in [0.3, 0.4) is 0 Å². The Morgan fingerprint density at radius 1 is 1.27 bits per heavy atom. The molecule has 0 unspecified atom stereocenters. The Kier molecular flexibility index (Phi) is 2.44. The summed E-state index contributed by atoms with van der Waals surface area (Å²) in [6.45, 7) is 5.28. The molecule has 0 aliphatic carbocycles. The molecule has 3 nitrogen and oxygen atoms in total. The van der Waals surface area contributed by atoms with Crippen molar-refractivity contribution in [2.75, 3.05) is 20.2 Å². The van der Waals surface area contributed by atoms with Gasteiger partial charge >= 0.3 is 0 Å². The summed E-state index contributed by atoms with van der Waals surface area (Å²) >= 11 is 0. The fourth-order valence-electron chi connectivity index (χ4n) is 2.06. The molecule has 1 heterocycles. The number of hydrogen-bond acceptors (Lipinski definition) is 3. The van der Waals surface area contributed by atoms with Gasteiger partial charge < -0.3 is 15.2 Å². The van der Waals surface area contributed by atoms with Gasteiger partial charge in [0, 0.05) is 13.1 Å². The summed E-state index contributed by atoms with van der Waals surface area (Å²) in [6, 6.07) is 4.01. The maximum absolute atomic E-state index is 10.2. The van der Waals surface area contributed by atoms with Gasteiger partial charge in [-0.25, -0.2) is 0 Å². The van der Waals surface area contributed by atoms with Crippen molar-refractivity contribution in [2.24, 2.45) is 0 Å². The van der Waals surface area contributed by atoms with Gasteiger partial charge in [0.1, 0.15) is 11.4 Å². The molecule has 3 heteroatoms. The summed E-state index contributed by atoms with van der Waals surface area (Å²) in [5.74, 6) is 0.882. The Balaban J connectivity index is 2.45. The first-order valence-electron chi connectivity index (χ1n) is 5.15. The first kappa shape index (κ1) is 10.5. The lowest BCUT2D eigenvalue weighted by Gasteiger charge is -2.39. The fraction of sp³-hybridized carbons (Fsp3) is 0.500. The number of hydrogen-bond donors (Lipinski definition) is 2. The van der Waals surface area contributed by atoms with Crippen molar-refractivity contribution in [1.82, 2.24) is 5.32 Å². The first-order valence-corrected chi connectivity index (χ1v) is 5.15. The number of rotatable bonds is 2. The minimum absolute atomic E-state index is 0.639. The second-order valence-electron chi connectivity index (χ2n) is 4.27. The molecule has 0 spiro atoms. The lowest BCUT2D eigenvalue weighted by atomic mass is 9.84. The van der Waals surface area contributed by atoms with E-state index in [-0.39, 0.29) is 0 Å². The highest BCUT2D eigenvalue weighted by Gasteiger charge is 2.37. The van der Waals surface area contributed by atoms with E-state index in [0.717, 1.165) is 22.4 Å². The van der Waals surface area contributed by atoms with Crippen molar-refractivity contribution in [3.05, 3.63) is 28.8 Å². The van der Waals surface area contributed by atoms with Gasteiger partial charge in [0.2, 0.25) is 0 Å². The average Bonchev–Trinajstić information content (AvgIpc) is 2.17. The third-order valence-electron chi connectivity index (χ3n) is 3.08. The monoisotopic (exact) mass is 207 g/mol. The molecule has 0 aromatic heterocycles. The zero-order chi connectivity index (χ0) is 11.1. The lowest BCUT2D eigenvalue weighted by Crippen LogP contribution is -2.57. The standard InChI is InChI=1S/C12H17NO2/c1-8-5-11(15-3)9(2)4-10(8)12(14)6-13-7-12/h4-5,13-14H,6-7H2,1-3H3. The van der Waals surface area contributed by atoms with E-state index in [1.807, 2.05) is 26.0 Å². The minimum Gasteiger partial charge on any atom is -0.496 e. The van der Waals surface area contributed by atoms with Gasteiger partial charge in [-0.1, -0.05) is 0 Å². The second kappa shape index (κ2) is 3.51. The first-order chi connectivity index (χ1) is 7.07. The van der Waals surface area contributed by atoms with Crippen molar-refractivity contribution in [3.63, 3.8) is 0 Å². The van der Waals surface area contributed by atoms with Gasteiger partial charge in [0.25, 0.3) is 0 Å². The van der Waals surface area contributed by atoms with E-state index < -0.39 is 5.60 Å². The highest BCUT2D eigenvalue weighted by Crippen LogP contribution is 2.32. The molecule has 0 radical (unpaired) electrons. The van der Waals surface area contributed by atoms with Crippen LogP contribution in [0, 0.1) is 13.8 Å². The molecule has 1 aromatic rings. The maximum Gasteiger partial charge on any atom is 0.122 e. The Morgan fingerprint density at radius 3 is 2.40 bits per heavy atom. The molecule has 82 valence electrons. The SMILES string of the molecule is COc1cc(C)c(C2(O)CNC2)cc1C. The van der Waals surface area contributed by atoms with Crippen LogP contribution in [0.2, 0.25) is 0 Å². The third-order valence-corrected chi connectivity index (χ3v) is 3.08. The van der Waals surface area contributed by atoms with E-state index in [2.05, 4.69) is 5.32 Å². The Morgan fingerprint density at radius 2 is 1.93 bits per heavy atom. The Hall–Kier alpha value is -1.06. The maximum atomic E-state index is 10.2. The summed E-state index contributed by atoms with van der Waals surface area (Å²) in [7, 11) is 1.67. The Labute approximate surface area is 90.1 Å². The molecule has 0 saturated carbocycles. The van der Waals surface area contributed by atoms with Crippen LogP contribution >= 0.6 is 0 Å². The quantitative estimate of drug-likeness (QED) is 0.763. The number of aryl methyl sites for hydroxylation is 2. The number of nitrogens with one attached hydrogen (secondary N) is 1. The van der Waals surface area contributed by atoms with Gasteiger partial charge in [0.15, 0.2) is 0 Å². The molecule has 0 atom stereocenters. The van der Waals surface area contributed by atoms with Crippen LogP contribution in [-0.4, -0.2) is 25.3 Å². The van der Waals surface area contributed by atoms with Crippen LogP contribution in [0.25, 0.3) is 0 Å². The molecule has 1 fully saturated rings. The average molecular weight is 207 g/mol. The molecule has 1 aliphatic rings. The fourth-order valence-corrected chi connectivity index (χ4v) is 2.06. The number of benzene rings is 1. The predicted molar refractivity (Wildman–Crippen MR) is 59.2 cm³/mol. The smallest absolute Gasteiger partial charge is 0.122 e. The van der Waals surface area contributed by atoms with Crippen molar-refractivity contribution in [3.8, 4) is 5.75 Å². The van der Waals surface area contributed by atoms with Crippen LogP contribution < -0.4 is 10.1 Å². The summed E-state index contributed by atoms with van der Waals surface area (Å²) in [4.78, 5) is 0. The van der Waals surface area contributed by atoms with E-state index >= 15 is 0 Å². The van der Waals surface area contributed by atoms with Gasteiger partial charge in [0.05, 0.1) is 7.11 Å². The largest absolute Gasteiger partial charge is 0.496 e. The van der Waals surface area contributed by atoms with Crippen LogP contribution in [0.4, 0.5) is 0 Å². The van der Waals surface area contributed by atoms with E-state index in [1.54, 1.807) is 7.11 Å². The van der Waals surface area contributed by atoms with Crippen LogP contribution in [0.5, 0.6) is 5.75 Å². The minimum atomic E-state index is -0.679. The summed E-state index contributed by atoms with van der Waals surface area (Å²) in [5, 5.41) is 13.3. The van der Waals surface area contributed by atoms with Crippen molar-refractivity contribution in [2.45, 2.75) is 19.4 Å². The molecule has 1 saturated heterocycles. The van der Waals surface area contributed by atoms with Gasteiger partial charge in [-0.3, -0.25) is 0 Å². The number of methoxy groups -OCH3 is 1. The van der Waals surface area contributed by atoms with Gasteiger partial charge in [-0.2, -0.15) is 0 Å². The van der Waals surface area contributed by atoms with E-state index in [9.17, 15) is 5.11 Å². The molecule has 1 aliphatic heterocycles. The van der Waals surface area contributed by atoms with Crippen molar-refractivity contribution >= 4 is 0 Å². The lowest BCUT2D eigenvalue weighted by molar-refractivity contribution is -0.0152. The predicted octanol–water partition coefficient (Wildman–Crippen LogP) is 1.10. The number of ether oxygens (including phenoxy) is 1. The summed E-state index contributed by atoms with van der Waals surface area (Å²) in [5.41, 5.74) is 2.49. The molecular weight excluding hydrogens is 190 g/mol. The third kappa shape index (κ3) is 1.62. The highest BCUT2D eigenvalue weighted by atomic mass is 16.5. The van der Waals surface area contributed by atoms with Gasteiger partial charge in [-0.05, 0) is 42.7 Å². The molecule has 2 rings (SSSR count). The number of aliphatic hydroxyl groups is 1. The van der Waals surface area contributed by atoms with Crippen molar-refractivity contribution < 1.29 is 9.84 Å². The molecule has 0 bridgehead atoms. The van der Waals surface area contributed by atoms with Crippen LogP contribution in [0.1, 0.15) is 16.7 Å². The van der Waals surface area contributed by atoms with Crippen molar-refractivity contribution in [1.29, 1.82) is 0 Å². The second-order valence-corrected chi connectivity index (χ2v) is 4.27. The van der Waals surface area contributed by atoms with Crippen LogP contribution in [0.15, 0.2) is 12.1 Å². The Bertz CT molecular complexity index is 383. The number of β-amino-alcohol motifs (C(OH)–C–C–N with tert-alkyl or cyclic N) is 1. The van der Waals surface area contributed by atoms with E-state index in [0.29, 0.717) is 13.1 Å². The molecule has 2 N–H and O–H groups in total. The zero-order valence-corrected chi connectivity index (χ0v) is 9.42. The van der Waals surface area contributed by atoms with E-state index in [4.69, 9.17) is 4.74 Å². The van der Waals surface area contributed by atoms with E-state index in [1.165, 1.54) is 0 Å². The molecular formula is C12H17NO2.